The zero-order valence-electron chi connectivity index (χ0n) is 10.3. The Morgan fingerprint density at radius 3 is 2.53 bits per heavy atom. The molecule has 0 atom stereocenters. The van der Waals surface area contributed by atoms with Crippen molar-refractivity contribution in [1.82, 2.24) is 9.80 Å². The van der Waals surface area contributed by atoms with Crippen LogP contribution in [-0.2, 0) is 11.3 Å². The molecule has 19 heavy (non-hydrogen) atoms. The fourth-order valence-corrected chi connectivity index (χ4v) is 2.82. The van der Waals surface area contributed by atoms with E-state index in [4.69, 9.17) is 5.11 Å². The highest BCUT2D eigenvalue weighted by Gasteiger charge is 2.19. The van der Waals surface area contributed by atoms with Crippen molar-refractivity contribution >= 4 is 22.3 Å². The van der Waals surface area contributed by atoms with Gasteiger partial charge in [-0.1, -0.05) is 11.3 Å². The molecule has 1 aliphatic heterocycles. The second kappa shape index (κ2) is 6.09. The van der Waals surface area contributed by atoms with Crippen LogP contribution in [0.15, 0.2) is 11.4 Å². The molecule has 0 radical (unpaired) electrons. The minimum Gasteiger partial charge on any atom is -0.480 e. The van der Waals surface area contributed by atoms with Crippen molar-refractivity contribution in [2.75, 3.05) is 32.7 Å². The molecule has 0 aliphatic carbocycles. The number of carboxylic acids is 1. The summed E-state index contributed by atoms with van der Waals surface area (Å²) in [6.45, 7) is 3.79. The van der Waals surface area contributed by atoms with Crippen LogP contribution < -0.4 is 0 Å². The summed E-state index contributed by atoms with van der Waals surface area (Å²) in [4.78, 5) is 24.9. The maximum absolute atomic E-state index is 10.6. The highest BCUT2D eigenvalue weighted by molar-refractivity contribution is 7.13. The Morgan fingerprint density at radius 1 is 1.37 bits per heavy atom. The van der Waals surface area contributed by atoms with E-state index in [1.165, 1.54) is 0 Å². The van der Waals surface area contributed by atoms with Gasteiger partial charge in [-0.3, -0.25) is 24.7 Å². The minimum atomic E-state index is -0.804. The third-order valence-electron chi connectivity index (χ3n) is 3.05. The molecule has 0 bridgehead atoms. The Kier molecular flexibility index (Phi) is 4.46. The Balaban J connectivity index is 1.81. The monoisotopic (exact) mass is 285 g/mol. The molecule has 1 aromatic rings. The van der Waals surface area contributed by atoms with E-state index in [-0.39, 0.29) is 16.5 Å². The third kappa shape index (κ3) is 3.98. The first-order valence-electron chi connectivity index (χ1n) is 5.93. The molecule has 1 aliphatic rings. The first kappa shape index (κ1) is 13.9. The predicted octanol–water partition coefficient (Wildman–Crippen LogP) is 0.859. The average molecular weight is 285 g/mol. The highest BCUT2D eigenvalue weighted by atomic mass is 32.1. The van der Waals surface area contributed by atoms with Gasteiger partial charge in [0.1, 0.15) is 0 Å². The van der Waals surface area contributed by atoms with E-state index in [1.54, 1.807) is 6.07 Å². The molecule has 2 rings (SSSR count). The van der Waals surface area contributed by atoms with Gasteiger partial charge in [0.15, 0.2) is 0 Å². The lowest BCUT2D eigenvalue weighted by molar-refractivity contribution is -0.380. The minimum absolute atomic E-state index is 0.0811. The van der Waals surface area contributed by atoms with E-state index in [2.05, 4.69) is 4.90 Å². The molecule has 2 heterocycles. The van der Waals surface area contributed by atoms with Crippen LogP contribution >= 0.6 is 11.3 Å². The van der Waals surface area contributed by atoms with Gasteiger partial charge in [0.25, 0.3) is 0 Å². The van der Waals surface area contributed by atoms with E-state index in [1.807, 2.05) is 10.3 Å². The van der Waals surface area contributed by atoms with Crippen molar-refractivity contribution in [3.63, 3.8) is 0 Å². The van der Waals surface area contributed by atoms with Crippen molar-refractivity contribution in [1.29, 1.82) is 0 Å². The van der Waals surface area contributed by atoms with E-state index < -0.39 is 5.97 Å². The van der Waals surface area contributed by atoms with Gasteiger partial charge in [0.05, 0.1) is 11.5 Å². The Labute approximate surface area is 114 Å². The summed E-state index contributed by atoms with van der Waals surface area (Å²) >= 11 is 1.14. The number of carboxylic acid groups (broad SMARTS) is 1. The number of carbonyl (C=O) groups is 1. The van der Waals surface area contributed by atoms with Gasteiger partial charge in [-0.15, -0.1) is 0 Å². The second-order valence-electron chi connectivity index (χ2n) is 4.50. The number of rotatable bonds is 5. The number of aliphatic carboxylic acids is 1. The lowest BCUT2D eigenvalue weighted by Gasteiger charge is -2.33. The summed E-state index contributed by atoms with van der Waals surface area (Å²) in [6, 6.07) is 1.61. The van der Waals surface area contributed by atoms with Crippen LogP contribution in [-0.4, -0.2) is 58.5 Å². The lowest BCUT2D eigenvalue weighted by Crippen LogP contribution is -2.47. The van der Waals surface area contributed by atoms with Crippen LogP contribution in [0.1, 0.15) is 5.56 Å². The van der Waals surface area contributed by atoms with Gasteiger partial charge in [0, 0.05) is 44.2 Å². The number of piperazine rings is 1. The SMILES string of the molecule is O=C(O)CN1CCN(Cc2csc([N+](=O)[O-])c2)CC1. The largest absolute Gasteiger partial charge is 0.480 e. The molecular weight excluding hydrogens is 270 g/mol. The van der Waals surface area contributed by atoms with Gasteiger partial charge >= 0.3 is 11.0 Å². The quantitative estimate of drug-likeness (QED) is 0.637. The molecule has 8 heteroatoms. The highest BCUT2D eigenvalue weighted by Crippen LogP contribution is 2.23. The van der Waals surface area contributed by atoms with E-state index >= 15 is 0 Å². The Bertz CT molecular complexity index is 468. The predicted molar refractivity (Wildman–Crippen MR) is 70.3 cm³/mol. The number of nitro groups is 1. The summed E-state index contributed by atoms with van der Waals surface area (Å²) in [5, 5.41) is 21.3. The van der Waals surface area contributed by atoms with Crippen molar-refractivity contribution in [2.45, 2.75) is 6.54 Å². The Morgan fingerprint density at radius 2 is 2.00 bits per heavy atom. The third-order valence-corrected chi connectivity index (χ3v) is 3.98. The lowest BCUT2D eigenvalue weighted by atomic mass is 10.2. The van der Waals surface area contributed by atoms with Crippen LogP contribution in [0.4, 0.5) is 5.00 Å². The van der Waals surface area contributed by atoms with Gasteiger partial charge in [-0.2, -0.15) is 0 Å². The summed E-state index contributed by atoms with van der Waals surface area (Å²) < 4.78 is 0. The number of hydrogen-bond donors (Lipinski definition) is 1. The Hall–Kier alpha value is -1.51. The van der Waals surface area contributed by atoms with E-state index in [9.17, 15) is 14.9 Å². The fourth-order valence-electron chi connectivity index (χ4n) is 2.10. The normalized spacial score (nSPS) is 17.5. The molecule has 0 aromatic carbocycles. The summed E-state index contributed by atoms with van der Waals surface area (Å²) in [7, 11) is 0. The van der Waals surface area contributed by atoms with E-state index in [0.717, 1.165) is 43.1 Å². The zero-order valence-corrected chi connectivity index (χ0v) is 11.1. The van der Waals surface area contributed by atoms with Gasteiger partial charge in [-0.25, -0.2) is 0 Å². The standard InChI is InChI=1S/C11H15N3O4S/c15-11(16)7-13-3-1-12(2-4-13)6-9-5-10(14(17)18)19-8-9/h5,8H,1-4,6-7H2,(H,15,16). The molecule has 1 aromatic heterocycles. The number of hydrogen-bond acceptors (Lipinski definition) is 6. The number of thiophene rings is 1. The molecular formula is C11H15N3O4S. The van der Waals surface area contributed by atoms with Gasteiger partial charge < -0.3 is 5.11 Å². The molecule has 0 spiro atoms. The summed E-state index contributed by atoms with van der Waals surface area (Å²) in [5.41, 5.74) is 0.948. The van der Waals surface area contributed by atoms with Crippen molar-refractivity contribution < 1.29 is 14.8 Å². The van der Waals surface area contributed by atoms with Crippen LogP contribution in [0.2, 0.25) is 0 Å². The molecule has 1 N–H and O–H groups in total. The van der Waals surface area contributed by atoms with Gasteiger partial charge in [0.2, 0.25) is 0 Å². The van der Waals surface area contributed by atoms with Crippen molar-refractivity contribution in [3.05, 3.63) is 27.1 Å². The molecule has 104 valence electrons. The number of nitrogens with zero attached hydrogens (tertiary/aromatic N) is 3. The zero-order chi connectivity index (χ0) is 13.8. The molecule has 0 saturated carbocycles. The maximum Gasteiger partial charge on any atom is 0.324 e. The maximum atomic E-state index is 10.6. The van der Waals surface area contributed by atoms with Gasteiger partial charge in [-0.05, 0) is 5.56 Å². The van der Waals surface area contributed by atoms with Crippen molar-refractivity contribution in [2.24, 2.45) is 0 Å². The van der Waals surface area contributed by atoms with E-state index in [0.29, 0.717) is 6.54 Å². The molecule has 0 amide bonds. The van der Waals surface area contributed by atoms with Crippen LogP contribution in [0, 0.1) is 10.1 Å². The smallest absolute Gasteiger partial charge is 0.324 e. The first-order valence-corrected chi connectivity index (χ1v) is 6.81. The second-order valence-corrected chi connectivity index (χ2v) is 5.39. The first-order chi connectivity index (χ1) is 9.04. The van der Waals surface area contributed by atoms with Crippen molar-refractivity contribution in [3.8, 4) is 0 Å². The van der Waals surface area contributed by atoms with Crippen LogP contribution in [0.5, 0.6) is 0 Å². The van der Waals surface area contributed by atoms with Crippen LogP contribution in [0.25, 0.3) is 0 Å². The topological polar surface area (TPSA) is 86.9 Å². The molecule has 0 unspecified atom stereocenters. The average Bonchev–Trinajstić information content (AvgIpc) is 2.80. The fraction of sp³-hybridized carbons (Fsp3) is 0.545. The molecule has 7 nitrogen and oxygen atoms in total. The summed E-state index contributed by atoms with van der Waals surface area (Å²) in [6.07, 6.45) is 0. The molecule has 1 saturated heterocycles. The molecule has 1 fully saturated rings. The van der Waals surface area contributed by atoms with Crippen LogP contribution in [0.3, 0.4) is 0 Å². The summed E-state index contributed by atoms with van der Waals surface area (Å²) in [5.74, 6) is -0.804.